The fourth-order valence-electron chi connectivity index (χ4n) is 1.45. The molecule has 0 aliphatic rings. The van der Waals surface area contributed by atoms with Gasteiger partial charge in [0.1, 0.15) is 9.79 Å². The number of nitrogens with two attached hydrogens (primary N) is 1. The van der Waals surface area contributed by atoms with Crippen LogP contribution in [0.3, 0.4) is 0 Å². The van der Waals surface area contributed by atoms with Crippen molar-refractivity contribution < 1.29 is 16.8 Å². The quantitative estimate of drug-likeness (QED) is 0.748. The van der Waals surface area contributed by atoms with Crippen LogP contribution in [-0.4, -0.2) is 22.9 Å². The van der Waals surface area contributed by atoms with Crippen molar-refractivity contribution in [3.63, 3.8) is 0 Å². The first-order valence-corrected chi connectivity index (χ1v) is 8.29. The molecule has 3 N–H and O–H groups in total. The lowest BCUT2D eigenvalue weighted by atomic mass is 10.3. The summed E-state index contributed by atoms with van der Waals surface area (Å²) >= 11 is 0. The monoisotopic (exact) mass is 302 g/mol. The van der Waals surface area contributed by atoms with E-state index in [0.29, 0.717) is 0 Å². The maximum Gasteiger partial charge on any atom is 0.242 e. The molecule has 0 fully saturated rings. The van der Waals surface area contributed by atoms with Crippen molar-refractivity contribution in [2.45, 2.75) is 29.2 Å². The smallest absolute Gasteiger partial charge is 0.225 e. The first-order valence-electron chi connectivity index (χ1n) is 5.26. The summed E-state index contributed by atoms with van der Waals surface area (Å²) in [5, 5.41) is 4.99. The maximum absolute atomic E-state index is 12.1. The second-order valence-corrected chi connectivity index (χ2v) is 7.13. The fraction of sp³-hybridized carbons (Fsp3) is 0.273. The van der Waals surface area contributed by atoms with Gasteiger partial charge in [0.05, 0.1) is 0 Å². The molecular weight excluding hydrogens is 288 g/mol. The van der Waals surface area contributed by atoms with E-state index in [-0.39, 0.29) is 11.3 Å². The molecule has 0 spiro atoms. The van der Waals surface area contributed by atoms with Crippen molar-refractivity contribution >= 4 is 20.0 Å². The molecule has 6 nitrogen and oxygen atoms in total. The molecule has 0 amide bonds. The molecule has 0 aliphatic carbocycles. The van der Waals surface area contributed by atoms with Crippen LogP contribution in [0.4, 0.5) is 0 Å². The van der Waals surface area contributed by atoms with Gasteiger partial charge in [-0.2, -0.15) is 0 Å². The van der Waals surface area contributed by atoms with E-state index in [4.69, 9.17) is 11.6 Å². The highest BCUT2D eigenvalue weighted by Gasteiger charge is 2.24. The summed E-state index contributed by atoms with van der Waals surface area (Å²) in [6.07, 6.45) is 5.28. The minimum Gasteiger partial charge on any atom is -0.225 e. The third kappa shape index (κ3) is 4.04. The molecule has 19 heavy (non-hydrogen) atoms. The van der Waals surface area contributed by atoms with E-state index in [1.807, 2.05) is 0 Å². The van der Waals surface area contributed by atoms with Gasteiger partial charge in [-0.05, 0) is 19.1 Å². The summed E-state index contributed by atoms with van der Waals surface area (Å²) in [5.74, 6) is 2.32. The van der Waals surface area contributed by atoms with Gasteiger partial charge < -0.3 is 0 Å². The number of nitrogens with one attached hydrogen (secondary N) is 1. The van der Waals surface area contributed by atoms with E-state index in [2.05, 4.69) is 10.6 Å². The van der Waals surface area contributed by atoms with Crippen LogP contribution in [0.15, 0.2) is 34.1 Å². The molecule has 1 aromatic carbocycles. The van der Waals surface area contributed by atoms with Crippen LogP contribution in [-0.2, 0) is 20.0 Å². The van der Waals surface area contributed by atoms with Crippen LogP contribution in [0.1, 0.15) is 13.3 Å². The third-order valence-electron chi connectivity index (χ3n) is 2.23. The molecule has 1 aromatic rings. The number of hydrogen-bond donors (Lipinski definition) is 2. The number of sulfonamides is 2. The third-order valence-corrected chi connectivity index (χ3v) is 4.97. The second kappa shape index (κ2) is 5.71. The largest absolute Gasteiger partial charge is 0.242 e. The Kier molecular flexibility index (Phi) is 4.70. The van der Waals surface area contributed by atoms with Crippen molar-refractivity contribution in [3.8, 4) is 12.3 Å². The van der Waals surface area contributed by atoms with Gasteiger partial charge in [0, 0.05) is 12.5 Å². The zero-order valence-corrected chi connectivity index (χ0v) is 11.8. The number of rotatable bonds is 5. The Labute approximate surface area is 113 Å². The Balaban J connectivity index is 3.28. The summed E-state index contributed by atoms with van der Waals surface area (Å²) < 4.78 is 49.2. The van der Waals surface area contributed by atoms with E-state index < -0.39 is 31.0 Å². The van der Waals surface area contributed by atoms with Crippen LogP contribution >= 0.6 is 0 Å². The van der Waals surface area contributed by atoms with E-state index in [1.165, 1.54) is 18.2 Å². The first kappa shape index (κ1) is 15.7. The highest BCUT2D eigenvalue weighted by molar-refractivity contribution is 7.92. The van der Waals surface area contributed by atoms with Crippen molar-refractivity contribution in [3.05, 3.63) is 24.3 Å². The molecule has 0 saturated carbocycles. The molecule has 0 radical (unpaired) electrons. The van der Waals surface area contributed by atoms with Crippen LogP contribution in [0.25, 0.3) is 0 Å². The van der Waals surface area contributed by atoms with Crippen molar-refractivity contribution in [2.24, 2.45) is 5.14 Å². The lowest BCUT2D eigenvalue weighted by molar-refractivity contribution is 0.558. The van der Waals surface area contributed by atoms with Crippen LogP contribution < -0.4 is 9.86 Å². The van der Waals surface area contributed by atoms with Gasteiger partial charge in [-0.1, -0.05) is 12.1 Å². The molecule has 1 unspecified atom stereocenters. The number of primary sulfonamides is 1. The van der Waals surface area contributed by atoms with E-state index >= 15 is 0 Å². The van der Waals surface area contributed by atoms with Gasteiger partial charge in [-0.25, -0.2) is 26.7 Å². The van der Waals surface area contributed by atoms with E-state index in [1.54, 1.807) is 6.92 Å². The topological polar surface area (TPSA) is 106 Å². The normalized spacial score (nSPS) is 13.7. The molecule has 0 bridgehead atoms. The molecule has 104 valence electrons. The van der Waals surface area contributed by atoms with Crippen molar-refractivity contribution in [1.82, 2.24) is 4.72 Å². The highest BCUT2D eigenvalue weighted by Crippen LogP contribution is 2.19. The lowest BCUT2D eigenvalue weighted by Crippen LogP contribution is -2.33. The van der Waals surface area contributed by atoms with Crippen LogP contribution in [0.5, 0.6) is 0 Å². The average Bonchev–Trinajstić information content (AvgIpc) is 2.27. The van der Waals surface area contributed by atoms with Gasteiger partial charge in [0.2, 0.25) is 20.0 Å². The Morgan fingerprint density at radius 3 is 2.26 bits per heavy atom. The Hall–Kier alpha value is -1.40. The number of benzene rings is 1. The van der Waals surface area contributed by atoms with Crippen molar-refractivity contribution in [2.75, 3.05) is 0 Å². The predicted octanol–water partition coefficient (Wildman–Crippen LogP) is 0.0241. The van der Waals surface area contributed by atoms with E-state index in [0.717, 1.165) is 6.07 Å². The summed E-state index contributed by atoms with van der Waals surface area (Å²) in [5.41, 5.74) is 0. The highest BCUT2D eigenvalue weighted by atomic mass is 32.2. The molecule has 0 aromatic heterocycles. The van der Waals surface area contributed by atoms with Gasteiger partial charge in [0.25, 0.3) is 0 Å². The maximum atomic E-state index is 12.1. The molecule has 0 heterocycles. The second-order valence-electron chi connectivity index (χ2n) is 3.92. The van der Waals surface area contributed by atoms with Crippen LogP contribution in [0.2, 0.25) is 0 Å². The first-order chi connectivity index (χ1) is 8.68. The van der Waals surface area contributed by atoms with Crippen LogP contribution in [0, 0.1) is 12.3 Å². The molecule has 1 atom stereocenters. The molecule has 1 rings (SSSR count). The zero-order valence-electron chi connectivity index (χ0n) is 10.2. The Morgan fingerprint density at radius 2 is 1.79 bits per heavy atom. The van der Waals surface area contributed by atoms with Gasteiger partial charge in [-0.3, -0.25) is 0 Å². The molecule has 0 aliphatic heterocycles. The minimum absolute atomic E-state index is 0.191. The predicted molar refractivity (Wildman–Crippen MR) is 71.0 cm³/mol. The SMILES string of the molecule is C#CCC(C)NS(=O)(=O)c1ccccc1S(N)(=O)=O. The van der Waals surface area contributed by atoms with Gasteiger partial charge >= 0.3 is 0 Å². The zero-order chi connectivity index (χ0) is 14.7. The number of hydrogen-bond acceptors (Lipinski definition) is 4. The summed E-state index contributed by atoms with van der Waals surface area (Å²) in [4.78, 5) is -0.836. The summed E-state index contributed by atoms with van der Waals surface area (Å²) in [6.45, 7) is 1.58. The standard InChI is InChI=1S/C11H14N2O4S2/c1-3-6-9(2)13-19(16,17)11-8-5-4-7-10(11)18(12,14)15/h1,4-5,7-9,13H,6H2,2H3,(H2,12,14,15). The van der Waals surface area contributed by atoms with Crippen molar-refractivity contribution in [1.29, 1.82) is 0 Å². The Morgan fingerprint density at radius 1 is 1.26 bits per heavy atom. The summed E-state index contributed by atoms with van der Waals surface area (Å²) in [7, 11) is -8.12. The summed E-state index contributed by atoms with van der Waals surface area (Å²) in [6, 6.07) is 4.60. The van der Waals surface area contributed by atoms with Gasteiger partial charge in [0.15, 0.2) is 0 Å². The lowest BCUT2D eigenvalue weighted by Gasteiger charge is -2.13. The molecular formula is C11H14N2O4S2. The molecule has 8 heteroatoms. The van der Waals surface area contributed by atoms with E-state index in [9.17, 15) is 16.8 Å². The Bertz CT molecular complexity index is 702. The van der Waals surface area contributed by atoms with Gasteiger partial charge in [-0.15, -0.1) is 12.3 Å². The molecule has 0 saturated heterocycles. The minimum atomic E-state index is -4.12. The average molecular weight is 302 g/mol. The number of terminal acetylenes is 1. The fourth-order valence-corrected chi connectivity index (χ4v) is 4.08.